The van der Waals surface area contributed by atoms with Crippen LogP contribution in [0.5, 0.6) is 0 Å². The number of carbonyl (C=O) groups excluding carboxylic acids is 5. The zero-order valence-electron chi connectivity index (χ0n) is 28.7. The van der Waals surface area contributed by atoms with Crippen molar-refractivity contribution in [2.45, 2.75) is 110 Å². The number of esters is 1. The molecule has 11 heteroatoms. The van der Waals surface area contributed by atoms with Gasteiger partial charge >= 0.3 is 5.97 Å². The number of nitrogens with one attached hydrogen (secondary N) is 3. The zero-order valence-corrected chi connectivity index (χ0v) is 28.7. The number of ether oxygens (including phenoxy) is 1. The Morgan fingerprint density at radius 2 is 1.71 bits per heavy atom. The van der Waals surface area contributed by atoms with Crippen molar-refractivity contribution in [2.75, 3.05) is 6.54 Å². The summed E-state index contributed by atoms with van der Waals surface area (Å²) in [6, 6.07) is 7.81. The molecule has 2 aromatic rings. The lowest BCUT2D eigenvalue weighted by atomic mass is 9.69. The first-order chi connectivity index (χ1) is 22.9. The number of aromatic nitrogens is 1. The SMILES string of the molecule is CCC(=O)CC1CCC2(/C=C/c3ccc4ccc(nc4c3)[C@@H](C)NC(=O)[C@@H]3CCCN(N3)C(=O)[C@H](C)NC(=O)[C@H](C(C)C)OC2=O)CC1. The van der Waals surface area contributed by atoms with Gasteiger partial charge in [0.25, 0.3) is 11.8 Å². The molecule has 4 atom stereocenters. The first-order valence-electron chi connectivity index (χ1n) is 17.4. The largest absolute Gasteiger partial charge is 0.451 e. The molecule has 2 aliphatic heterocycles. The number of carbonyl (C=O) groups is 5. The van der Waals surface area contributed by atoms with Crippen molar-refractivity contribution in [1.29, 1.82) is 0 Å². The van der Waals surface area contributed by atoms with Gasteiger partial charge in [-0.05, 0) is 81.9 Å². The molecule has 1 spiro atoms. The highest BCUT2D eigenvalue weighted by atomic mass is 16.5. The summed E-state index contributed by atoms with van der Waals surface area (Å²) in [7, 11) is 0. The molecular weight excluding hydrogens is 610 g/mol. The molecular formula is C37H49N5O6. The summed E-state index contributed by atoms with van der Waals surface area (Å²) in [6.07, 6.45) is 7.17. The Kier molecular flexibility index (Phi) is 11.0. The maximum absolute atomic E-state index is 14.2. The second-order valence-corrected chi connectivity index (χ2v) is 14.1. The van der Waals surface area contributed by atoms with Crippen molar-refractivity contribution < 1.29 is 28.7 Å². The van der Waals surface area contributed by atoms with E-state index in [1.165, 1.54) is 5.01 Å². The molecule has 0 unspecified atom stereocenters. The molecule has 3 amide bonds. The molecule has 5 bridgehead atoms. The van der Waals surface area contributed by atoms with Gasteiger partial charge in [0.1, 0.15) is 17.9 Å². The molecule has 11 nitrogen and oxygen atoms in total. The first kappa shape index (κ1) is 35.2. The number of hydrazine groups is 1. The van der Waals surface area contributed by atoms with Crippen molar-refractivity contribution in [2.24, 2.45) is 17.3 Å². The van der Waals surface area contributed by atoms with Crippen LogP contribution >= 0.6 is 0 Å². The highest BCUT2D eigenvalue weighted by Crippen LogP contribution is 2.43. The molecule has 3 aliphatic rings. The molecule has 48 heavy (non-hydrogen) atoms. The Morgan fingerprint density at radius 1 is 1.00 bits per heavy atom. The van der Waals surface area contributed by atoms with Gasteiger partial charge in [-0.1, -0.05) is 51.1 Å². The van der Waals surface area contributed by atoms with Crippen LogP contribution in [0.15, 0.2) is 36.4 Å². The van der Waals surface area contributed by atoms with Crippen LogP contribution in [0.25, 0.3) is 17.0 Å². The predicted octanol–water partition coefficient (Wildman–Crippen LogP) is 4.55. The third-order valence-electron chi connectivity index (χ3n) is 10.0. The Balaban J connectivity index is 1.51. The standard InChI is InChI=1S/C37H49N5O6/c1-6-28(43)20-26-14-17-37(18-15-26)16-13-25-9-10-27-11-12-29(40-31(27)21-25)23(4)38-33(44)30-8-7-19-42(41-30)35(46)24(5)39-34(45)32(22(2)3)48-36(37)47/h9-13,16,21-24,26,30,32,41H,6-8,14-15,17-20H2,1-5H3,(H,38,44)(H,39,45)/b16-13+/t23-,24+,26?,30+,32+,37?/m1/s1. The first-order valence-corrected chi connectivity index (χ1v) is 17.4. The molecule has 2 fully saturated rings. The van der Waals surface area contributed by atoms with Gasteiger partial charge in [0.15, 0.2) is 6.10 Å². The number of benzene rings is 1. The average molecular weight is 660 g/mol. The van der Waals surface area contributed by atoms with Crippen LogP contribution in [-0.2, 0) is 28.7 Å². The minimum absolute atomic E-state index is 0.194. The van der Waals surface area contributed by atoms with Crippen molar-refractivity contribution in [3.63, 3.8) is 0 Å². The Labute approximate surface area is 282 Å². The summed E-state index contributed by atoms with van der Waals surface area (Å²) in [4.78, 5) is 71.6. The van der Waals surface area contributed by atoms with Crippen LogP contribution in [0.3, 0.4) is 0 Å². The third-order valence-corrected chi connectivity index (χ3v) is 10.0. The molecule has 258 valence electrons. The van der Waals surface area contributed by atoms with Gasteiger partial charge in [-0.15, -0.1) is 0 Å². The highest BCUT2D eigenvalue weighted by molar-refractivity contribution is 5.92. The van der Waals surface area contributed by atoms with Gasteiger partial charge in [-0.2, -0.15) is 0 Å². The van der Waals surface area contributed by atoms with Crippen LogP contribution in [0.4, 0.5) is 0 Å². The van der Waals surface area contributed by atoms with Crippen LogP contribution < -0.4 is 16.1 Å². The topological polar surface area (TPSA) is 147 Å². The number of amides is 3. The minimum atomic E-state index is -1.12. The van der Waals surface area contributed by atoms with E-state index in [2.05, 4.69) is 16.1 Å². The molecule has 1 saturated heterocycles. The van der Waals surface area contributed by atoms with Crippen LogP contribution in [0.1, 0.15) is 103 Å². The molecule has 1 aromatic carbocycles. The predicted molar refractivity (Wildman–Crippen MR) is 182 cm³/mol. The lowest BCUT2D eigenvalue weighted by Gasteiger charge is -2.37. The van der Waals surface area contributed by atoms with E-state index in [1.807, 2.05) is 56.3 Å². The fourth-order valence-electron chi connectivity index (χ4n) is 6.89. The number of ketones is 1. The van der Waals surface area contributed by atoms with E-state index >= 15 is 0 Å². The summed E-state index contributed by atoms with van der Waals surface area (Å²) in [5.74, 6) is -1.62. The summed E-state index contributed by atoms with van der Waals surface area (Å²) in [5.41, 5.74) is 4.35. The number of Topliss-reactive ketones (excluding diaryl/α,β-unsaturated/α-hetero) is 1. The summed E-state index contributed by atoms with van der Waals surface area (Å²) in [5, 5.41) is 8.12. The van der Waals surface area contributed by atoms with E-state index in [4.69, 9.17) is 9.72 Å². The maximum atomic E-state index is 14.2. The molecule has 5 rings (SSSR count). The van der Waals surface area contributed by atoms with E-state index < -0.39 is 35.5 Å². The van der Waals surface area contributed by atoms with E-state index in [-0.39, 0.29) is 35.5 Å². The molecule has 3 heterocycles. The lowest BCUT2D eigenvalue weighted by Crippen LogP contribution is -2.61. The minimum Gasteiger partial charge on any atom is -0.451 e. The Bertz CT molecular complexity index is 1580. The number of cyclic esters (lactones) is 1. The second kappa shape index (κ2) is 15.0. The summed E-state index contributed by atoms with van der Waals surface area (Å²) < 4.78 is 6.05. The fraction of sp³-hybridized carbons (Fsp3) is 0.568. The van der Waals surface area contributed by atoms with Gasteiger partial charge in [-0.3, -0.25) is 34.0 Å². The Morgan fingerprint density at radius 3 is 2.42 bits per heavy atom. The maximum Gasteiger partial charge on any atom is 0.316 e. The van der Waals surface area contributed by atoms with Crippen LogP contribution in [0, 0.1) is 17.3 Å². The number of hydrogen-bond donors (Lipinski definition) is 3. The van der Waals surface area contributed by atoms with Gasteiger partial charge in [0.05, 0.1) is 22.7 Å². The molecule has 1 saturated carbocycles. The lowest BCUT2D eigenvalue weighted by molar-refractivity contribution is -0.168. The average Bonchev–Trinajstić information content (AvgIpc) is 3.08. The quantitative estimate of drug-likeness (QED) is 0.405. The van der Waals surface area contributed by atoms with Crippen molar-refractivity contribution in [1.82, 2.24) is 26.1 Å². The normalized spacial score (nSPS) is 29.8. The summed E-state index contributed by atoms with van der Waals surface area (Å²) in [6.45, 7) is 9.31. The van der Waals surface area contributed by atoms with Gasteiger partial charge in [0, 0.05) is 24.8 Å². The molecule has 0 radical (unpaired) electrons. The molecule has 3 N–H and O–H groups in total. The zero-order chi connectivity index (χ0) is 34.6. The van der Waals surface area contributed by atoms with Gasteiger partial charge in [0.2, 0.25) is 5.91 Å². The third kappa shape index (κ3) is 7.94. The van der Waals surface area contributed by atoms with Crippen molar-refractivity contribution in [3.8, 4) is 0 Å². The highest BCUT2D eigenvalue weighted by Gasteiger charge is 2.44. The van der Waals surface area contributed by atoms with Crippen molar-refractivity contribution in [3.05, 3.63) is 47.7 Å². The van der Waals surface area contributed by atoms with E-state index in [1.54, 1.807) is 20.8 Å². The number of nitrogens with zero attached hydrogens (tertiary/aromatic N) is 2. The smallest absolute Gasteiger partial charge is 0.316 e. The number of hydrogen-bond acceptors (Lipinski definition) is 8. The van der Waals surface area contributed by atoms with Gasteiger partial charge < -0.3 is 15.4 Å². The van der Waals surface area contributed by atoms with Crippen LogP contribution in [-0.4, -0.2) is 64.2 Å². The number of pyridine rings is 1. The number of fused-ring (bicyclic) bond motifs is 4. The monoisotopic (exact) mass is 659 g/mol. The van der Waals surface area contributed by atoms with Crippen LogP contribution in [0.2, 0.25) is 0 Å². The second-order valence-electron chi connectivity index (χ2n) is 14.1. The van der Waals surface area contributed by atoms with E-state index in [9.17, 15) is 24.0 Å². The fourth-order valence-corrected chi connectivity index (χ4v) is 6.89. The van der Waals surface area contributed by atoms with Crippen molar-refractivity contribution >= 4 is 46.5 Å². The summed E-state index contributed by atoms with van der Waals surface area (Å²) >= 11 is 0. The van der Waals surface area contributed by atoms with E-state index in [0.29, 0.717) is 63.6 Å². The van der Waals surface area contributed by atoms with Gasteiger partial charge in [-0.25, -0.2) is 5.43 Å². The number of rotatable bonds is 4. The molecule has 1 aliphatic carbocycles. The Hall–Kier alpha value is -4.12. The van der Waals surface area contributed by atoms with E-state index in [0.717, 1.165) is 16.5 Å². The molecule has 1 aromatic heterocycles.